The predicted molar refractivity (Wildman–Crippen MR) is 49.8 cm³/mol. The smallest absolute Gasteiger partial charge is 0.123 e. The summed E-state index contributed by atoms with van der Waals surface area (Å²) in [6, 6.07) is 6.28. The van der Waals surface area contributed by atoms with Gasteiger partial charge in [0.1, 0.15) is 5.82 Å². The van der Waals surface area contributed by atoms with Crippen molar-refractivity contribution in [2.75, 3.05) is 6.54 Å². The average Bonchev–Trinajstić information content (AvgIpc) is 2.16. The Morgan fingerprint density at radius 1 is 1.31 bits per heavy atom. The maximum atomic E-state index is 12.5. The summed E-state index contributed by atoms with van der Waals surface area (Å²) in [5.74, 6) is -0.233. The fourth-order valence-corrected chi connectivity index (χ4v) is 1.10. The lowest BCUT2D eigenvalue weighted by Crippen LogP contribution is -2.20. The SMILES string of the molecule is NC[C@@H](O)CCc1ccc(F)cc1. The lowest BCUT2D eigenvalue weighted by Gasteiger charge is -2.06. The number of hydrogen-bond donors (Lipinski definition) is 2. The second-order valence-electron chi connectivity index (χ2n) is 3.05. The number of rotatable bonds is 4. The van der Waals surface area contributed by atoms with Crippen molar-refractivity contribution in [1.29, 1.82) is 0 Å². The van der Waals surface area contributed by atoms with Crippen LogP contribution in [0.2, 0.25) is 0 Å². The van der Waals surface area contributed by atoms with Crippen LogP contribution < -0.4 is 5.73 Å². The molecule has 0 bridgehead atoms. The quantitative estimate of drug-likeness (QED) is 0.733. The fourth-order valence-electron chi connectivity index (χ4n) is 1.10. The van der Waals surface area contributed by atoms with Crippen LogP contribution in [-0.2, 0) is 6.42 Å². The summed E-state index contributed by atoms with van der Waals surface area (Å²) < 4.78 is 12.5. The molecule has 0 aliphatic rings. The zero-order valence-corrected chi connectivity index (χ0v) is 7.41. The molecule has 72 valence electrons. The highest BCUT2D eigenvalue weighted by atomic mass is 19.1. The van der Waals surface area contributed by atoms with E-state index in [0.29, 0.717) is 6.42 Å². The van der Waals surface area contributed by atoms with Crippen molar-refractivity contribution < 1.29 is 9.50 Å². The molecule has 0 saturated heterocycles. The zero-order valence-electron chi connectivity index (χ0n) is 7.41. The average molecular weight is 183 g/mol. The first-order valence-corrected chi connectivity index (χ1v) is 4.35. The Morgan fingerprint density at radius 3 is 2.46 bits per heavy atom. The highest BCUT2D eigenvalue weighted by molar-refractivity contribution is 5.16. The first-order valence-electron chi connectivity index (χ1n) is 4.35. The third kappa shape index (κ3) is 3.53. The van der Waals surface area contributed by atoms with Crippen molar-refractivity contribution in [2.45, 2.75) is 18.9 Å². The molecule has 13 heavy (non-hydrogen) atoms. The normalized spacial score (nSPS) is 12.8. The van der Waals surface area contributed by atoms with Gasteiger partial charge in [-0.1, -0.05) is 12.1 Å². The van der Waals surface area contributed by atoms with Crippen LogP contribution in [0.25, 0.3) is 0 Å². The second kappa shape index (κ2) is 4.94. The Kier molecular flexibility index (Phi) is 3.86. The van der Waals surface area contributed by atoms with E-state index < -0.39 is 6.10 Å². The third-order valence-electron chi connectivity index (χ3n) is 1.95. The summed E-state index contributed by atoms with van der Waals surface area (Å²) in [5.41, 5.74) is 6.27. The Balaban J connectivity index is 2.41. The molecule has 0 amide bonds. The first kappa shape index (κ1) is 10.2. The summed E-state index contributed by atoms with van der Waals surface area (Å²) in [5, 5.41) is 9.17. The molecule has 0 radical (unpaired) electrons. The Morgan fingerprint density at radius 2 is 1.92 bits per heavy atom. The van der Waals surface area contributed by atoms with Crippen molar-refractivity contribution >= 4 is 0 Å². The number of nitrogens with two attached hydrogens (primary N) is 1. The van der Waals surface area contributed by atoms with E-state index in [4.69, 9.17) is 5.73 Å². The summed E-state index contributed by atoms with van der Waals surface area (Å²) in [7, 11) is 0. The minimum Gasteiger partial charge on any atom is -0.392 e. The van der Waals surface area contributed by atoms with Gasteiger partial charge in [-0.2, -0.15) is 0 Å². The Bertz CT molecular complexity index is 248. The van der Waals surface area contributed by atoms with Gasteiger partial charge in [-0.05, 0) is 30.5 Å². The Labute approximate surface area is 77.2 Å². The number of halogens is 1. The number of aryl methyl sites for hydroxylation is 1. The van der Waals surface area contributed by atoms with E-state index in [9.17, 15) is 9.50 Å². The van der Waals surface area contributed by atoms with Crippen LogP contribution in [0.4, 0.5) is 4.39 Å². The Hall–Kier alpha value is -0.930. The maximum absolute atomic E-state index is 12.5. The van der Waals surface area contributed by atoms with Crippen molar-refractivity contribution in [3.8, 4) is 0 Å². The summed E-state index contributed by atoms with van der Waals surface area (Å²) in [6.07, 6.45) is 0.908. The van der Waals surface area contributed by atoms with Crippen molar-refractivity contribution in [3.63, 3.8) is 0 Å². The van der Waals surface area contributed by atoms with E-state index in [2.05, 4.69) is 0 Å². The standard InChI is InChI=1S/C10H14FNO/c11-9-4-1-8(2-5-9)3-6-10(13)7-12/h1-2,4-5,10,13H,3,6-7,12H2/t10-/m0/s1. The predicted octanol–water partition coefficient (Wildman–Crippen LogP) is 1.08. The van der Waals surface area contributed by atoms with Crippen LogP contribution in [0.5, 0.6) is 0 Å². The molecular formula is C10H14FNO. The van der Waals surface area contributed by atoms with Gasteiger partial charge >= 0.3 is 0 Å². The minimum atomic E-state index is -0.454. The molecule has 3 N–H and O–H groups in total. The van der Waals surface area contributed by atoms with Crippen molar-refractivity contribution in [3.05, 3.63) is 35.6 Å². The van der Waals surface area contributed by atoms with Crippen molar-refractivity contribution in [1.82, 2.24) is 0 Å². The largest absolute Gasteiger partial charge is 0.392 e. The molecule has 1 aromatic rings. The van der Waals surface area contributed by atoms with E-state index in [0.717, 1.165) is 12.0 Å². The summed E-state index contributed by atoms with van der Waals surface area (Å²) in [6.45, 7) is 0.279. The summed E-state index contributed by atoms with van der Waals surface area (Å²) >= 11 is 0. The monoisotopic (exact) mass is 183 g/mol. The lowest BCUT2D eigenvalue weighted by atomic mass is 10.1. The molecule has 1 aromatic carbocycles. The minimum absolute atomic E-state index is 0.233. The molecule has 0 aliphatic heterocycles. The van der Waals surface area contributed by atoms with Gasteiger partial charge in [-0.15, -0.1) is 0 Å². The molecule has 3 heteroatoms. The molecule has 0 saturated carbocycles. The van der Waals surface area contributed by atoms with Crippen molar-refractivity contribution in [2.24, 2.45) is 5.73 Å². The highest BCUT2D eigenvalue weighted by Gasteiger charge is 2.01. The van der Waals surface area contributed by atoms with E-state index in [-0.39, 0.29) is 12.4 Å². The zero-order chi connectivity index (χ0) is 9.68. The van der Waals surface area contributed by atoms with Gasteiger partial charge in [-0.3, -0.25) is 0 Å². The van der Waals surface area contributed by atoms with E-state index in [1.807, 2.05) is 0 Å². The van der Waals surface area contributed by atoms with Crippen LogP contribution >= 0.6 is 0 Å². The molecule has 0 spiro atoms. The van der Waals surface area contributed by atoms with E-state index in [1.54, 1.807) is 12.1 Å². The molecule has 1 rings (SSSR count). The van der Waals surface area contributed by atoms with Crippen LogP contribution in [0.1, 0.15) is 12.0 Å². The lowest BCUT2D eigenvalue weighted by molar-refractivity contribution is 0.173. The highest BCUT2D eigenvalue weighted by Crippen LogP contribution is 2.06. The molecule has 0 unspecified atom stereocenters. The van der Waals surface area contributed by atoms with E-state index >= 15 is 0 Å². The van der Waals surface area contributed by atoms with Crippen LogP contribution in [0.3, 0.4) is 0 Å². The first-order chi connectivity index (χ1) is 6.22. The van der Waals surface area contributed by atoms with E-state index in [1.165, 1.54) is 12.1 Å². The number of hydrogen-bond acceptors (Lipinski definition) is 2. The fraction of sp³-hybridized carbons (Fsp3) is 0.400. The second-order valence-corrected chi connectivity index (χ2v) is 3.05. The number of aliphatic hydroxyl groups excluding tert-OH is 1. The molecular weight excluding hydrogens is 169 g/mol. The molecule has 0 aromatic heterocycles. The number of aliphatic hydroxyl groups is 1. The number of benzene rings is 1. The molecule has 0 aliphatic carbocycles. The maximum Gasteiger partial charge on any atom is 0.123 e. The molecule has 0 heterocycles. The molecule has 1 atom stereocenters. The van der Waals surface area contributed by atoms with Gasteiger partial charge in [0.15, 0.2) is 0 Å². The molecule has 2 nitrogen and oxygen atoms in total. The summed E-state index contributed by atoms with van der Waals surface area (Å²) in [4.78, 5) is 0. The van der Waals surface area contributed by atoms with Gasteiger partial charge < -0.3 is 10.8 Å². The van der Waals surface area contributed by atoms with Gasteiger partial charge in [0.05, 0.1) is 6.10 Å². The van der Waals surface area contributed by atoms with Gasteiger partial charge in [0.2, 0.25) is 0 Å². The molecule has 0 fully saturated rings. The van der Waals surface area contributed by atoms with Crippen LogP contribution in [0.15, 0.2) is 24.3 Å². The van der Waals surface area contributed by atoms with Gasteiger partial charge in [-0.25, -0.2) is 4.39 Å². The third-order valence-corrected chi connectivity index (χ3v) is 1.95. The van der Waals surface area contributed by atoms with Crippen LogP contribution in [-0.4, -0.2) is 17.8 Å². The van der Waals surface area contributed by atoms with Crippen LogP contribution in [0, 0.1) is 5.82 Å². The van der Waals surface area contributed by atoms with Gasteiger partial charge in [0.25, 0.3) is 0 Å². The van der Waals surface area contributed by atoms with Gasteiger partial charge in [0, 0.05) is 6.54 Å². The topological polar surface area (TPSA) is 46.2 Å².